The minimum Gasteiger partial charge on any atom is -0.389 e. The molecule has 0 fully saturated rings. The van der Waals surface area contributed by atoms with E-state index in [1.807, 2.05) is 0 Å². The van der Waals surface area contributed by atoms with Crippen molar-refractivity contribution in [2.24, 2.45) is 0 Å². The topological polar surface area (TPSA) is 66.4 Å². The van der Waals surface area contributed by atoms with Crippen molar-refractivity contribution in [3.05, 3.63) is 29.6 Å². The molecule has 1 aromatic rings. The Kier molecular flexibility index (Phi) is 3.91. The average molecular weight is 261 g/mol. The number of halogens is 1. The first kappa shape index (κ1) is 14.1. The van der Waals surface area contributed by atoms with E-state index < -0.39 is 26.3 Å². The molecule has 2 N–H and O–H groups in total. The van der Waals surface area contributed by atoms with Gasteiger partial charge in [0.15, 0.2) is 0 Å². The summed E-state index contributed by atoms with van der Waals surface area (Å²) >= 11 is 0. The highest BCUT2D eigenvalue weighted by Gasteiger charge is 2.22. The van der Waals surface area contributed by atoms with Crippen LogP contribution in [0.5, 0.6) is 0 Å². The first-order valence-corrected chi connectivity index (χ1v) is 6.58. The van der Waals surface area contributed by atoms with Crippen LogP contribution < -0.4 is 4.72 Å². The quantitative estimate of drug-likeness (QED) is 0.855. The number of hydrogen-bond donors (Lipinski definition) is 2. The first-order valence-electron chi connectivity index (χ1n) is 5.10. The Bertz CT molecular complexity index is 506. The molecule has 0 aliphatic heterocycles. The van der Waals surface area contributed by atoms with Crippen LogP contribution in [0.4, 0.5) is 4.39 Å². The summed E-state index contributed by atoms with van der Waals surface area (Å²) in [7, 11) is -3.93. The Balaban J connectivity index is 3.02. The van der Waals surface area contributed by atoms with Gasteiger partial charge < -0.3 is 5.11 Å². The predicted octanol–water partition coefficient (Wildman–Crippen LogP) is 1.18. The van der Waals surface area contributed by atoms with Crippen molar-refractivity contribution in [3.8, 4) is 0 Å². The van der Waals surface area contributed by atoms with Crippen molar-refractivity contribution in [3.63, 3.8) is 0 Å². The fourth-order valence-electron chi connectivity index (χ4n) is 1.17. The van der Waals surface area contributed by atoms with E-state index in [1.165, 1.54) is 26.0 Å². The molecule has 0 aliphatic rings. The number of benzene rings is 1. The van der Waals surface area contributed by atoms with E-state index in [0.29, 0.717) is 5.56 Å². The number of rotatable bonds is 4. The van der Waals surface area contributed by atoms with E-state index in [0.717, 1.165) is 6.07 Å². The Morgan fingerprint density at radius 3 is 2.53 bits per heavy atom. The van der Waals surface area contributed by atoms with E-state index in [9.17, 15) is 17.9 Å². The number of nitrogens with one attached hydrogen (secondary N) is 1. The number of aryl methyl sites for hydroxylation is 1. The van der Waals surface area contributed by atoms with Crippen LogP contribution >= 0.6 is 0 Å². The average Bonchev–Trinajstić information content (AvgIpc) is 2.18. The van der Waals surface area contributed by atoms with Crippen LogP contribution in [0, 0.1) is 12.7 Å². The van der Waals surface area contributed by atoms with Crippen LogP contribution in [-0.4, -0.2) is 25.7 Å². The normalized spacial score (nSPS) is 12.8. The monoisotopic (exact) mass is 261 g/mol. The lowest BCUT2D eigenvalue weighted by atomic mass is 10.1. The highest BCUT2D eigenvalue weighted by Crippen LogP contribution is 2.16. The second-order valence-corrected chi connectivity index (χ2v) is 6.31. The van der Waals surface area contributed by atoms with Gasteiger partial charge in [-0.2, -0.15) is 0 Å². The van der Waals surface area contributed by atoms with Crippen LogP contribution in [0.15, 0.2) is 23.1 Å². The summed E-state index contributed by atoms with van der Waals surface area (Å²) in [5, 5.41) is 9.43. The molecular weight excluding hydrogens is 245 g/mol. The molecule has 0 unspecified atom stereocenters. The summed E-state index contributed by atoms with van der Waals surface area (Å²) in [4.78, 5) is -0.401. The van der Waals surface area contributed by atoms with Crippen LogP contribution in [0.3, 0.4) is 0 Å². The lowest BCUT2D eigenvalue weighted by Gasteiger charge is -2.18. The Labute approximate surface area is 101 Å². The fourth-order valence-corrected chi connectivity index (χ4v) is 2.53. The molecule has 0 saturated carbocycles. The third-order valence-electron chi connectivity index (χ3n) is 2.07. The van der Waals surface area contributed by atoms with Gasteiger partial charge in [-0.1, -0.05) is 6.07 Å². The van der Waals surface area contributed by atoms with Crippen molar-refractivity contribution >= 4 is 10.0 Å². The van der Waals surface area contributed by atoms with Gasteiger partial charge in [0.05, 0.1) is 5.60 Å². The van der Waals surface area contributed by atoms with Gasteiger partial charge >= 0.3 is 0 Å². The maximum absolute atomic E-state index is 13.4. The second kappa shape index (κ2) is 4.72. The van der Waals surface area contributed by atoms with E-state index in [-0.39, 0.29) is 6.54 Å². The molecular formula is C11H16FNO3S. The Hall–Kier alpha value is -0.980. The Morgan fingerprint density at radius 1 is 1.41 bits per heavy atom. The largest absolute Gasteiger partial charge is 0.389 e. The van der Waals surface area contributed by atoms with Gasteiger partial charge in [-0.05, 0) is 38.5 Å². The van der Waals surface area contributed by atoms with Crippen LogP contribution in [0.2, 0.25) is 0 Å². The highest BCUT2D eigenvalue weighted by molar-refractivity contribution is 7.89. The number of aliphatic hydroxyl groups is 1. The zero-order valence-electron chi connectivity index (χ0n) is 9.99. The zero-order chi connectivity index (χ0) is 13.3. The van der Waals surface area contributed by atoms with Crippen LogP contribution in [0.25, 0.3) is 0 Å². The van der Waals surface area contributed by atoms with E-state index >= 15 is 0 Å². The summed E-state index contributed by atoms with van der Waals surface area (Å²) in [6, 6.07) is 3.85. The molecule has 0 aliphatic carbocycles. The van der Waals surface area contributed by atoms with Crippen molar-refractivity contribution in [2.75, 3.05) is 6.54 Å². The SMILES string of the molecule is Cc1ccc(F)c(S(=O)(=O)NCC(C)(C)O)c1. The van der Waals surface area contributed by atoms with E-state index in [4.69, 9.17) is 0 Å². The Morgan fingerprint density at radius 2 is 2.00 bits per heavy atom. The minimum absolute atomic E-state index is 0.178. The van der Waals surface area contributed by atoms with Gasteiger partial charge in [-0.15, -0.1) is 0 Å². The third kappa shape index (κ3) is 4.07. The summed E-state index contributed by atoms with van der Waals surface area (Å²) in [6.07, 6.45) is 0. The number of sulfonamides is 1. The van der Waals surface area contributed by atoms with Crippen molar-refractivity contribution in [1.29, 1.82) is 0 Å². The van der Waals surface area contributed by atoms with Gasteiger partial charge in [0.2, 0.25) is 10.0 Å². The van der Waals surface area contributed by atoms with Gasteiger partial charge in [-0.3, -0.25) is 0 Å². The lowest BCUT2D eigenvalue weighted by molar-refractivity contribution is 0.0857. The molecule has 0 saturated heterocycles. The third-order valence-corrected chi connectivity index (χ3v) is 3.49. The molecule has 1 aromatic carbocycles. The molecule has 0 amide bonds. The lowest BCUT2D eigenvalue weighted by Crippen LogP contribution is -2.38. The minimum atomic E-state index is -3.93. The molecule has 17 heavy (non-hydrogen) atoms. The summed E-state index contributed by atoms with van der Waals surface area (Å²) in [5.41, 5.74) is -0.539. The van der Waals surface area contributed by atoms with Gasteiger partial charge in [-0.25, -0.2) is 17.5 Å². The smallest absolute Gasteiger partial charge is 0.243 e. The van der Waals surface area contributed by atoms with E-state index in [2.05, 4.69) is 4.72 Å². The molecule has 0 spiro atoms. The molecule has 0 radical (unpaired) electrons. The summed E-state index contributed by atoms with van der Waals surface area (Å²) < 4.78 is 39.1. The highest BCUT2D eigenvalue weighted by atomic mass is 32.2. The molecule has 6 heteroatoms. The van der Waals surface area contributed by atoms with Crippen LogP contribution in [-0.2, 0) is 10.0 Å². The molecule has 0 bridgehead atoms. The molecule has 96 valence electrons. The zero-order valence-corrected chi connectivity index (χ0v) is 10.8. The fraction of sp³-hybridized carbons (Fsp3) is 0.455. The van der Waals surface area contributed by atoms with Gasteiger partial charge in [0, 0.05) is 6.54 Å². The van der Waals surface area contributed by atoms with E-state index in [1.54, 1.807) is 6.92 Å². The first-order chi connectivity index (χ1) is 7.62. The van der Waals surface area contributed by atoms with Gasteiger partial charge in [0.1, 0.15) is 10.7 Å². The maximum atomic E-state index is 13.4. The summed E-state index contributed by atoms with van der Waals surface area (Å²) in [5.74, 6) is -0.807. The molecule has 4 nitrogen and oxygen atoms in total. The standard InChI is InChI=1S/C11H16FNO3S/c1-8-4-5-9(12)10(6-8)17(15,16)13-7-11(2,3)14/h4-6,13-14H,7H2,1-3H3. The molecule has 0 atom stereocenters. The predicted molar refractivity (Wildman–Crippen MR) is 62.6 cm³/mol. The molecule has 0 heterocycles. The van der Waals surface area contributed by atoms with Crippen LogP contribution in [0.1, 0.15) is 19.4 Å². The van der Waals surface area contributed by atoms with Crippen molar-refractivity contribution < 1.29 is 17.9 Å². The number of hydrogen-bond acceptors (Lipinski definition) is 3. The summed E-state index contributed by atoms with van der Waals surface area (Å²) in [6.45, 7) is 4.42. The molecule has 0 aromatic heterocycles. The van der Waals surface area contributed by atoms with Gasteiger partial charge in [0.25, 0.3) is 0 Å². The second-order valence-electron chi connectivity index (χ2n) is 4.57. The molecule has 1 rings (SSSR count). The maximum Gasteiger partial charge on any atom is 0.243 e. The van der Waals surface area contributed by atoms with Crippen molar-refractivity contribution in [2.45, 2.75) is 31.3 Å². The van der Waals surface area contributed by atoms with Crippen molar-refractivity contribution in [1.82, 2.24) is 4.72 Å².